The van der Waals surface area contributed by atoms with Crippen molar-refractivity contribution in [1.29, 1.82) is 0 Å². The Bertz CT molecular complexity index is 464. The van der Waals surface area contributed by atoms with Gasteiger partial charge in [-0.15, -0.1) is 0 Å². The molecule has 2 N–H and O–H groups in total. The number of hydrogen-bond acceptors (Lipinski definition) is 1. The minimum Gasteiger partial charge on any atom is -0.327 e. The number of quaternary nitrogens is 1. The van der Waals surface area contributed by atoms with E-state index in [2.05, 4.69) is 17.4 Å². The molecule has 1 saturated heterocycles. The van der Waals surface area contributed by atoms with Gasteiger partial charge < -0.3 is 10.2 Å². The van der Waals surface area contributed by atoms with Gasteiger partial charge >= 0.3 is 0 Å². The van der Waals surface area contributed by atoms with Gasteiger partial charge in [0.1, 0.15) is 0 Å². The van der Waals surface area contributed by atoms with Crippen LogP contribution >= 0.6 is 0 Å². The monoisotopic (exact) mass is 259 g/mol. The molecule has 3 heteroatoms. The van der Waals surface area contributed by atoms with Gasteiger partial charge in [-0.25, -0.2) is 0 Å². The lowest BCUT2D eigenvalue weighted by atomic mass is 10.1. The van der Waals surface area contributed by atoms with E-state index >= 15 is 0 Å². The summed E-state index contributed by atoms with van der Waals surface area (Å²) in [7, 11) is 0. The third kappa shape index (κ3) is 3.16. The molecule has 3 nitrogen and oxygen atoms in total. The highest BCUT2D eigenvalue weighted by Gasteiger charge is 2.18. The van der Waals surface area contributed by atoms with Gasteiger partial charge in [-0.3, -0.25) is 4.79 Å². The van der Waals surface area contributed by atoms with Crippen LogP contribution < -0.4 is 10.2 Å². The first-order valence-corrected chi connectivity index (χ1v) is 7.56. The zero-order chi connectivity index (χ0) is 13.1. The van der Waals surface area contributed by atoms with Crippen LogP contribution in [0.3, 0.4) is 0 Å². The normalized spacial score (nSPS) is 19.2. The molecule has 1 heterocycles. The SMILES string of the molecule is O=C(C[NH+]1CCCCC1)Nc1ccc2c(c1)CCC2. The predicted octanol–water partition coefficient (Wildman–Crippen LogP) is 1.18. The van der Waals surface area contributed by atoms with E-state index in [1.165, 1.54) is 48.1 Å². The van der Waals surface area contributed by atoms with Crippen LogP contribution in [-0.2, 0) is 17.6 Å². The Balaban J connectivity index is 1.56. The van der Waals surface area contributed by atoms with Gasteiger partial charge in [0.15, 0.2) is 6.54 Å². The summed E-state index contributed by atoms with van der Waals surface area (Å²) in [4.78, 5) is 13.5. The summed E-state index contributed by atoms with van der Waals surface area (Å²) in [6.07, 6.45) is 7.47. The molecule has 0 atom stereocenters. The lowest BCUT2D eigenvalue weighted by Gasteiger charge is -2.22. The van der Waals surface area contributed by atoms with Crippen LogP contribution in [0.25, 0.3) is 0 Å². The first-order chi connectivity index (χ1) is 9.31. The van der Waals surface area contributed by atoms with Crippen LogP contribution in [0.15, 0.2) is 18.2 Å². The number of fused-ring (bicyclic) bond motifs is 1. The van der Waals surface area contributed by atoms with Crippen LogP contribution in [0, 0.1) is 0 Å². The quantitative estimate of drug-likeness (QED) is 0.840. The summed E-state index contributed by atoms with van der Waals surface area (Å²) in [5, 5.41) is 3.06. The number of amides is 1. The van der Waals surface area contributed by atoms with E-state index in [9.17, 15) is 4.79 Å². The van der Waals surface area contributed by atoms with Crippen molar-refractivity contribution in [3.8, 4) is 0 Å². The summed E-state index contributed by atoms with van der Waals surface area (Å²) in [5.74, 6) is 0.162. The van der Waals surface area contributed by atoms with Crippen molar-refractivity contribution in [2.45, 2.75) is 38.5 Å². The third-order valence-corrected chi connectivity index (χ3v) is 4.35. The van der Waals surface area contributed by atoms with Crippen molar-refractivity contribution >= 4 is 11.6 Å². The predicted molar refractivity (Wildman–Crippen MR) is 76.5 cm³/mol. The van der Waals surface area contributed by atoms with Crippen molar-refractivity contribution in [2.75, 3.05) is 25.0 Å². The Labute approximate surface area is 115 Å². The van der Waals surface area contributed by atoms with Crippen LogP contribution in [0.1, 0.15) is 36.8 Å². The molecule has 0 spiro atoms. The number of anilines is 1. The van der Waals surface area contributed by atoms with Gasteiger partial charge in [-0.1, -0.05) is 6.07 Å². The molecule has 0 unspecified atom stereocenters. The molecule has 1 fully saturated rings. The fourth-order valence-electron chi connectivity index (χ4n) is 3.31. The fraction of sp³-hybridized carbons (Fsp3) is 0.562. The van der Waals surface area contributed by atoms with Gasteiger partial charge in [0.05, 0.1) is 13.1 Å². The molecule has 0 radical (unpaired) electrons. The van der Waals surface area contributed by atoms with Crippen molar-refractivity contribution < 1.29 is 9.69 Å². The summed E-state index contributed by atoms with van der Waals surface area (Å²) < 4.78 is 0. The maximum absolute atomic E-state index is 12.0. The lowest BCUT2D eigenvalue weighted by molar-refractivity contribution is -0.896. The molecule has 1 aliphatic carbocycles. The molecular formula is C16H23N2O+. The molecule has 3 rings (SSSR count). The maximum atomic E-state index is 12.0. The number of benzene rings is 1. The lowest BCUT2D eigenvalue weighted by Crippen LogP contribution is -3.13. The fourth-order valence-corrected chi connectivity index (χ4v) is 3.31. The number of likely N-dealkylation sites (tertiary alicyclic amines) is 1. The first kappa shape index (κ1) is 12.7. The smallest absolute Gasteiger partial charge is 0.279 e. The Kier molecular flexibility index (Phi) is 3.83. The number of nitrogens with one attached hydrogen (secondary N) is 2. The summed E-state index contributed by atoms with van der Waals surface area (Å²) in [6.45, 7) is 2.92. The summed E-state index contributed by atoms with van der Waals surface area (Å²) in [6, 6.07) is 6.38. The second-order valence-electron chi connectivity index (χ2n) is 5.87. The Hall–Kier alpha value is -1.35. The molecule has 1 aromatic carbocycles. The molecule has 19 heavy (non-hydrogen) atoms. The minimum absolute atomic E-state index is 0.162. The molecular weight excluding hydrogens is 236 g/mol. The van der Waals surface area contributed by atoms with Gasteiger partial charge in [-0.05, 0) is 61.8 Å². The van der Waals surface area contributed by atoms with Gasteiger partial charge in [0.2, 0.25) is 0 Å². The standard InChI is InChI=1S/C16H22N2O/c19-16(12-18-9-2-1-3-10-18)17-15-8-7-13-5-4-6-14(13)11-15/h7-8,11H,1-6,9-10,12H2,(H,17,19)/p+1. The minimum atomic E-state index is 0.162. The molecule has 2 aliphatic rings. The molecule has 0 saturated carbocycles. The van der Waals surface area contributed by atoms with E-state index < -0.39 is 0 Å². The Morgan fingerprint density at radius 1 is 1.05 bits per heavy atom. The van der Waals surface area contributed by atoms with Crippen LogP contribution in [0.5, 0.6) is 0 Å². The molecule has 0 bridgehead atoms. The van der Waals surface area contributed by atoms with E-state index in [0.29, 0.717) is 6.54 Å². The van der Waals surface area contributed by atoms with Crippen molar-refractivity contribution in [3.05, 3.63) is 29.3 Å². The molecule has 1 aliphatic heterocycles. The number of carbonyl (C=O) groups excluding carboxylic acids is 1. The van der Waals surface area contributed by atoms with Crippen molar-refractivity contribution in [1.82, 2.24) is 0 Å². The molecule has 1 amide bonds. The Morgan fingerprint density at radius 3 is 2.68 bits per heavy atom. The topological polar surface area (TPSA) is 33.5 Å². The number of hydrogen-bond donors (Lipinski definition) is 2. The first-order valence-electron chi connectivity index (χ1n) is 7.56. The van der Waals surface area contributed by atoms with Crippen LogP contribution in [0.4, 0.5) is 5.69 Å². The second-order valence-corrected chi connectivity index (χ2v) is 5.87. The highest BCUT2D eigenvalue weighted by molar-refractivity contribution is 5.91. The van der Waals surface area contributed by atoms with Crippen LogP contribution in [-0.4, -0.2) is 25.5 Å². The third-order valence-electron chi connectivity index (χ3n) is 4.35. The van der Waals surface area contributed by atoms with Crippen LogP contribution in [0.2, 0.25) is 0 Å². The van der Waals surface area contributed by atoms with E-state index in [1.54, 1.807) is 0 Å². The van der Waals surface area contributed by atoms with Gasteiger partial charge in [-0.2, -0.15) is 0 Å². The molecule has 102 valence electrons. The zero-order valence-corrected chi connectivity index (χ0v) is 11.5. The number of aryl methyl sites for hydroxylation is 2. The largest absolute Gasteiger partial charge is 0.327 e. The number of rotatable bonds is 3. The second kappa shape index (κ2) is 5.74. The van der Waals surface area contributed by atoms with E-state index in [0.717, 1.165) is 25.2 Å². The summed E-state index contributed by atoms with van der Waals surface area (Å²) in [5.41, 5.74) is 3.85. The number of piperidine rings is 1. The van der Waals surface area contributed by atoms with E-state index in [1.807, 2.05) is 6.07 Å². The van der Waals surface area contributed by atoms with Gasteiger partial charge in [0, 0.05) is 5.69 Å². The van der Waals surface area contributed by atoms with E-state index in [4.69, 9.17) is 0 Å². The zero-order valence-electron chi connectivity index (χ0n) is 11.5. The average molecular weight is 259 g/mol. The highest BCUT2D eigenvalue weighted by atomic mass is 16.2. The molecule has 0 aromatic heterocycles. The Morgan fingerprint density at radius 2 is 1.84 bits per heavy atom. The summed E-state index contributed by atoms with van der Waals surface area (Å²) >= 11 is 0. The van der Waals surface area contributed by atoms with Crippen molar-refractivity contribution in [3.63, 3.8) is 0 Å². The number of carbonyl (C=O) groups is 1. The van der Waals surface area contributed by atoms with Gasteiger partial charge in [0.25, 0.3) is 5.91 Å². The molecule has 1 aromatic rings. The average Bonchev–Trinajstić information content (AvgIpc) is 2.87. The van der Waals surface area contributed by atoms with E-state index in [-0.39, 0.29) is 5.91 Å². The maximum Gasteiger partial charge on any atom is 0.279 e. The highest BCUT2D eigenvalue weighted by Crippen LogP contribution is 2.24. The van der Waals surface area contributed by atoms with Crippen molar-refractivity contribution in [2.24, 2.45) is 0 Å².